The standard InChI is InChI=1S/C17H28N2O4.ClH/c1-4-7-11-22-16-13-14(8-9-15(16)18)17(20)23-12-10-19(21,5-2)6-3;/h8-9,13H,4-7,10-12,18H2,1-3H3;1H. The number of anilines is 1. The summed E-state index contributed by atoms with van der Waals surface area (Å²) >= 11 is 0. The molecule has 0 aliphatic rings. The third kappa shape index (κ3) is 6.95. The molecule has 1 aromatic carbocycles. The third-order valence-electron chi connectivity index (χ3n) is 3.89. The fourth-order valence-electron chi connectivity index (χ4n) is 2.04. The number of benzene rings is 1. The lowest BCUT2D eigenvalue weighted by atomic mass is 10.2. The van der Waals surface area contributed by atoms with Crippen LogP contribution in [-0.2, 0) is 4.74 Å². The first-order valence-electron chi connectivity index (χ1n) is 8.22. The van der Waals surface area contributed by atoms with Crippen molar-refractivity contribution in [3.05, 3.63) is 29.0 Å². The highest BCUT2D eigenvalue weighted by atomic mass is 35.5. The topological polar surface area (TPSA) is 84.6 Å². The number of hydroxylamine groups is 3. The first kappa shape index (κ1) is 22.5. The Kier molecular flexibility index (Phi) is 10.4. The molecule has 0 fully saturated rings. The van der Waals surface area contributed by atoms with Gasteiger partial charge in [-0.3, -0.25) is 0 Å². The number of esters is 1. The van der Waals surface area contributed by atoms with Crippen LogP contribution < -0.4 is 10.5 Å². The zero-order valence-corrected chi connectivity index (χ0v) is 15.6. The molecule has 24 heavy (non-hydrogen) atoms. The van der Waals surface area contributed by atoms with Crippen LogP contribution in [0.5, 0.6) is 5.75 Å². The summed E-state index contributed by atoms with van der Waals surface area (Å²) in [4.78, 5) is 12.1. The van der Waals surface area contributed by atoms with Crippen molar-refractivity contribution in [2.45, 2.75) is 33.6 Å². The number of nitrogens with zero attached hydrogens (tertiary/aromatic N) is 1. The van der Waals surface area contributed by atoms with Crippen molar-refractivity contribution in [3.8, 4) is 5.75 Å². The lowest BCUT2D eigenvalue weighted by Crippen LogP contribution is -2.44. The summed E-state index contributed by atoms with van der Waals surface area (Å²) < 4.78 is 10.4. The number of hydrogen-bond donors (Lipinski definition) is 1. The predicted molar refractivity (Wildman–Crippen MR) is 98.4 cm³/mol. The molecule has 0 heterocycles. The summed E-state index contributed by atoms with van der Waals surface area (Å²) in [5.74, 6) is 0.0214. The molecule has 0 aromatic heterocycles. The number of carbonyl (C=O) groups is 1. The number of likely N-dealkylation sites (N-methyl/N-ethyl adjacent to an activating group) is 1. The Labute approximate surface area is 150 Å². The molecule has 0 bridgehead atoms. The fourth-order valence-corrected chi connectivity index (χ4v) is 2.04. The van der Waals surface area contributed by atoms with Crippen LogP contribution in [0.1, 0.15) is 44.0 Å². The van der Waals surface area contributed by atoms with Crippen LogP contribution >= 0.6 is 12.4 Å². The smallest absolute Gasteiger partial charge is 0.338 e. The summed E-state index contributed by atoms with van der Waals surface area (Å²) in [6, 6.07) is 4.82. The van der Waals surface area contributed by atoms with Gasteiger partial charge >= 0.3 is 5.97 Å². The minimum Gasteiger partial charge on any atom is -0.633 e. The summed E-state index contributed by atoms with van der Waals surface area (Å²) in [6.45, 7) is 7.57. The van der Waals surface area contributed by atoms with E-state index in [1.54, 1.807) is 18.2 Å². The van der Waals surface area contributed by atoms with E-state index in [0.717, 1.165) is 12.8 Å². The van der Waals surface area contributed by atoms with Gasteiger partial charge in [-0.2, -0.15) is 0 Å². The average Bonchev–Trinajstić information content (AvgIpc) is 2.56. The van der Waals surface area contributed by atoms with E-state index in [2.05, 4.69) is 6.92 Å². The van der Waals surface area contributed by atoms with Gasteiger partial charge in [0.15, 0.2) is 0 Å². The van der Waals surface area contributed by atoms with Crippen LogP contribution in [0.2, 0.25) is 0 Å². The monoisotopic (exact) mass is 360 g/mol. The van der Waals surface area contributed by atoms with Crippen LogP contribution in [-0.4, -0.2) is 43.5 Å². The maximum atomic E-state index is 12.1. The normalized spacial score (nSPS) is 10.8. The highest BCUT2D eigenvalue weighted by Crippen LogP contribution is 2.23. The Morgan fingerprint density at radius 2 is 1.88 bits per heavy atom. The van der Waals surface area contributed by atoms with E-state index in [-0.39, 0.29) is 30.2 Å². The molecule has 2 N–H and O–H groups in total. The second-order valence-electron chi connectivity index (χ2n) is 5.50. The van der Waals surface area contributed by atoms with Gasteiger partial charge in [-0.15, -0.1) is 12.4 Å². The van der Waals surface area contributed by atoms with E-state index < -0.39 is 5.97 Å². The number of rotatable bonds is 10. The molecule has 0 aliphatic heterocycles. The summed E-state index contributed by atoms with van der Waals surface area (Å²) in [5, 5.41) is 12.1. The van der Waals surface area contributed by atoms with E-state index in [1.807, 2.05) is 13.8 Å². The lowest BCUT2D eigenvalue weighted by molar-refractivity contribution is -0.877. The van der Waals surface area contributed by atoms with E-state index >= 15 is 0 Å². The Bertz CT molecular complexity index is 507. The van der Waals surface area contributed by atoms with E-state index in [0.29, 0.717) is 36.7 Å². The van der Waals surface area contributed by atoms with Crippen molar-refractivity contribution < 1.29 is 18.9 Å². The highest BCUT2D eigenvalue weighted by molar-refractivity contribution is 5.90. The molecule has 0 saturated heterocycles. The van der Waals surface area contributed by atoms with Gasteiger partial charge in [-0.1, -0.05) is 13.3 Å². The van der Waals surface area contributed by atoms with Crippen LogP contribution in [0.25, 0.3) is 0 Å². The molecule has 0 saturated carbocycles. The van der Waals surface area contributed by atoms with Gasteiger partial charge in [0.25, 0.3) is 0 Å². The Hall–Kier alpha value is -1.50. The molecule has 0 spiro atoms. The van der Waals surface area contributed by atoms with Gasteiger partial charge in [0, 0.05) is 0 Å². The number of halogens is 1. The van der Waals surface area contributed by atoms with E-state index in [9.17, 15) is 10.0 Å². The van der Waals surface area contributed by atoms with Crippen molar-refractivity contribution in [1.29, 1.82) is 0 Å². The Balaban J connectivity index is 0.00000529. The van der Waals surface area contributed by atoms with Crippen LogP contribution in [0.15, 0.2) is 18.2 Å². The number of hydrogen-bond acceptors (Lipinski definition) is 5. The highest BCUT2D eigenvalue weighted by Gasteiger charge is 2.15. The first-order valence-corrected chi connectivity index (χ1v) is 8.22. The van der Waals surface area contributed by atoms with Crippen molar-refractivity contribution in [2.75, 3.05) is 38.6 Å². The van der Waals surface area contributed by atoms with Gasteiger partial charge in [0.2, 0.25) is 0 Å². The van der Waals surface area contributed by atoms with Crippen molar-refractivity contribution >= 4 is 24.1 Å². The number of carbonyl (C=O) groups excluding carboxylic acids is 1. The second-order valence-corrected chi connectivity index (χ2v) is 5.50. The van der Waals surface area contributed by atoms with E-state index in [1.165, 1.54) is 0 Å². The Morgan fingerprint density at radius 3 is 2.46 bits per heavy atom. The van der Waals surface area contributed by atoms with Gasteiger partial charge in [0.05, 0.1) is 30.9 Å². The maximum absolute atomic E-state index is 12.1. The number of unbranched alkanes of at least 4 members (excludes halogenated alkanes) is 1. The largest absolute Gasteiger partial charge is 0.633 e. The quantitative estimate of drug-likeness (QED) is 0.227. The van der Waals surface area contributed by atoms with Crippen molar-refractivity contribution in [1.82, 2.24) is 0 Å². The van der Waals surface area contributed by atoms with E-state index in [4.69, 9.17) is 15.2 Å². The van der Waals surface area contributed by atoms with Crippen LogP contribution in [0, 0.1) is 5.21 Å². The maximum Gasteiger partial charge on any atom is 0.338 e. The molecule has 0 amide bonds. The van der Waals surface area contributed by atoms with Gasteiger partial charge in [-0.05, 0) is 38.5 Å². The summed E-state index contributed by atoms with van der Waals surface area (Å²) in [6.07, 6.45) is 1.94. The lowest BCUT2D eigenvalue weighted by Gasteiger charge is -2.40. The molecule has 138 valence electrons. The first-order chi connectivity index (χ1) is 11.0. The summed E-state index contributed by atoms with van der Waals surface area (Å²) in [7, 11) is 0. The zero-order valence-electron chi connectivity index (χ0n) is 14.7. The number of nitrogen functional groups attached to an aromatic ring is 1. The number of quaternary nitrogens is 1. The minimum absolute atomic E-state index is 0. The molecule has 0 unspecified atom stereocenters. The SMILES string of the molecule is CCCCOc1cc(C(=O)OCC[N+]([O-])(CC)CC)ccc1N.Cl. The number of ether oxygens (including phenoxy) is 2. The minimum atomic E-state index is -0.468. The van der Waals surface area contributed by atoms with Gasteiger partial charge in [0.1, 0.15) is 18.9 Å². The molecule has 1 rings (SSSR count). The molecular weight excluding hydrogens is 332 g/mol. The Morgan fingerprint density at radius 1 is 1.21 bits per heavy atom. The predicted octanol–water partition coefficient (Wildman–Crippen LogP) is 3.38. The molecule has 0 radical (unpaired) electrons. The van der Waals surface area contributed by atoms with Gasteiger partial charge < -0.3 is 25.1 Å². The van der Waals surface area contributed by atoms with Crippen LogP contribution in [0.3, 0.4) is 0 Å². The number of nitrogens with two attached hydrogens (primary N) is 1. The molecule has 6 nitrogen and oxygen atoms in total. The summed E-state index contributed by atoms with van der Waals surface area (Å²) in [5.41, 5.74) is 6.71. The van der Waals surface area contributed by atoms with Crippen LogP contribution in [0.4, 0.5) is 5.69 Å². The molecular formula is C17H29ClN2O4. The third-order valence-corrected chi connectivity index (χ3v) is 3.89. The zero-order chi connectivity index (χ0) is 17.3. The fraction of sp³-hybridized carbons (Fsp3) is 0.588. The van der Waals surface area contributed by atoms with Crippen molar-refractivity contribution in [3.63, 3.8) is 0 Å². The molecule has 7 heteroatoms. The molecule has 1 aromatic rings. The average molecular weight is 361 g/mol. The van der Waals surface area contributed by atoms with Crippen molar-refractivity contribution in [2.24, 2.45) is 0 Å². The van der Waals surface area contributed by atoms with Gasteiger partial charge in [-0.25, -0.2) is 4.79 Å². The molecule has 0 atom stereocenters. The molecule has 0 aliphatic carbocycles. The second kappa shape index (κ2) is 11.1.